The normalized spacial score (nSPS) is 24.4. The second-order valence-electron chi connectivity index (χ2n) is 3.44. The minimum Gasteiger partial charge on any atom is -0.480 e. The van der Waals surface area contributed by atoms with Crippen LogP contribution < -0.4 is 5.48 Å². The Bertz CT molecular complexity index is 272. The first kappa shape index (κ1) is 12.5. The third-order valence-electron chi connectivity index (χ3n) is 2.28. The number of nitrogens with zero attached hydrogens (tertiary/aromatic N) is 1. The summed E-state index contributed by atoms with van der Waals surface area (Å²) < 4.78 is 0. The van der Waals surface area contributed by atoms with Gasteiger partial charge in [0.2, 0.25) is 0 Å². The summed E-state index contributed by atoms with van der Waals surface area (Å²) in [6.45, 7) is 3.83. The van der Waals surface area contributed by atoms with Crippen LogP contribution in [0.4, 0.5) is 4.79 Å². The van der Waals surface area contributed by atoms with Crippen molar-refractivity contribution in [3.8, 4) is 0 Å². The molecule has 1 fully saturated rings. The smallest absolute Gasteiger partial charge is 0.408 e. The predicted molar refractivity (Wildman–Crippen MR) is 53.8 cm³/mol. The Labute approximate surface area is 92.3 Å². The molecule has 0 aromatic heterocycles. The first-order chi connectivity index (χ1) is 7.56. The number of rotatable bonds is 5. The lowest BCUT2D eigenvalue weighted by Crippen LogP contribution is -2.40. The molecule has 3 N–H and O–H groups in total. The van der Waals surface area contributed by atoms with Gasteiger partial charge in [0.05, 0.1) is 12.6 Å². The SMILES string of the molecule is C=CCONC1CC(C(=O)O)N(C(=O)O)C1. The van der Waals surface area contributed by atoms with Crippen LogP contribution in [-0.4, -0.2) is 52.4 Å². The number of hydrogen-bond donors (Lipinski definition) is 3. The molecule has 1 rings (SSSR count). The van der Waals surface area contributed by atoms with E-state index < -0.39 is 18.1 Å². The number of amides is 1. The van der Waals surface area contributed by atoms with Crippen LogP contribution in [0.5, 0.6) is 0 Å². The fourth-order valence-electron chi connectivity index (χ4n) is 1.59. The molecule has 1 amide bonds. The highest BCUT2D eigenvalue weighted by Gasteiger charge is 2.39. The van der Waals surface area contributed by atoms with E-state index >= 15 is 0 Å². The molecule has 0 aromatic carbocycles. The van der Waals surface area contributed by atoms with E-state index in [4.69, 9.17) is 15.1 Å². The third kappa shape index (κ3) is 2.94. The maximum Gasteiger partial charge on any atom is 0.408 e. The van der Waals surface area contributed by atoms with Gasteiger partial charge in [0.25, 0.3) is 0 Å². The lowest BCUT2D eigenvalue weighted by Gasteiger charge is -2.16. The number of hydrogen-bond acceptors (Lipinski definition) is 4. The van der Waals surface area contributed by atoms with Gasteiger partial charge < -0.3 is 10.2 Å². The molecule has 2 unspecified atom stereocenters. The molecular formula is C9H14N2O5. The fourth-order valence-corrected chi connectivity index (χ4v) is 1.59. The van der Waals surface area contributed by atoms with E-state index in [1.54, 1.807) is 0 Å². The first-order valence-corrected chi connectivity index (χ1v) is 4.76. The number of carboxylic acids is 1. The van der Waals surface area contributed by atoms with E-state index in [-0.39, 0.29) is 25.6 Å². The van der Waals surface area contributed by atoms with Gasteiger partial charge in [-0.25, -0.2) is 9.59 Å². The minimum absolute atomic E-state index is 0.101. The van der Waals surface area contributed by atoms with Crippen LogP contribution in [-0.2, 0) is 9.63 Å². The van der Waals surface area contributed by atoms with Gasteiger partial charge in [-0.3, -0.25) is 9.74 Å². The van der Waals surface area contributed by atoms with E-state index in [0.717, 1.165) is 4.90 Å². The molecule has 0 aromatic rings. The highest BCUT2D eigenvalue weighted by Crippen LogP contribution is 2.18. The van der Waals surface area contributed by atoms with Crippen LogP contribution in [0.15, 0.2) is 12.7 Å². The molecule has 1 aliphatic rings. The van der Waals surface area contributed by atoms with Crippen molar-refractivity contribution in [1.82, 2.24) is 10.4 Å². The summed E-state index contributed by atoms with van der Waals surface area (Å²) >= 11 is 0. The molecule has 1 saturated heterocycles. The maximum atomic E-state index is 10.8. The molecule has 0 aliphatic carbocycles. The van der Waals surface area contributed by atoms with Gasteiger partial charge in [-0.15, -0.1) is 6.58 Å². The zero-order valence-corrected chi connectivity index (χ0v) is 8.63. The molecule has 0 spiro atoms. The Morgan fingerprint density at radius 3 is 2.69 bits per heavy atom. The predicted octanol–water partition coefficient (Wildman–Crippen LogP) is -0.101. The van der Waals surface area contributed by atoms with Crippen molar-refractivity contribution in [2.45, 2.75) is 18.5 Å². The quantitative estimate of drug-likeness (QED) is 0.346. The summed E-state index contributed by atoms with van der Waals surface area (Å²) in [5.41, 5.74) is 2.61. The molecule has 90 valence electrons. The average Bonchev–Trinajstić information content (AvgIpc) is 2.62. The van der Waals surface area contributed by atoms with Crippen LogP contribution in [0.25, 0.3) is 0 Å². The highest BCUT2D eigenvalue weighted by atomic mass is 16.6. The Hall–Kier alpha value is -1.60. The van der Waals surface area contributed by atoms with Crippen LogP contribution >= 0.6 is 0 Å². The minimum atomic E-state index is -1.24. The summed E-state index contributed by atoms with van der Waals surface area (Å²) in [4.78, 5) is 27.4. The second-order valence-corrected chi connectivity index (χ2v) is 3.44. The average molecular weight is 230 g/mol. The first-order valence-electron chi connectivity index (χ1n) is 4.76. The number of hydroxylamine groups is 1. The molecule has 7 nitrogen and oxygen atoms in total. The third-order valence-corrected chi connectivity index (χ3v) is 2.28. The Balaban J connectivity index is 2.51. The molecule has 1 aliphatic heterocycles. The molecule has 7 heteroatoms. The fraction of sp³-hybridized carbons (Fsp3) is 0.556. The summed E-state index contributed by atoms with van der Waals surface area (Å²) in [5.74, 6) is -1.14. The van der Waals surface area contributed by atoms with Crippen molar-refractivity contribution in [1.29, 1.82) is 0 Å². The van der Waals surface area contributed by atoms with E-state index in [1.807, 2.05) is 0 Å². The van der Waals surface area contributed by atoms with Gasteiger partial charge in [-0.05, 0) is 6.42 Å². The Morgan fingerprint density at radius 1 is 1.56 bits per heavy atom. The monoisotopic (exact) mass is 230 g/mol. The summed E-state index contributed by atoms with van der Waals surface area (Å²) in [7, 11) is 0. The van der Waals surface area contributed by atoms with Gasteiger partial charge in [-0.2, -0.15) is 5.48 Å². The van der Waals surface area contributed by atoms with E-state index in [2.05, 4.69) is 12.1 Å². The number of carbonyl (C=O) groups is 2. The Kier molecular flexibility index (Phi) is 4.27. The number of carboxylic acid groups (broad SMARTS) is 2. The van der Waals surface area contributed by atoms with E-state index in [9.17, 15) is 9.59 Å². The molecule has 1 heterocycles. The molecule has 0 bridgehead atoms. The highest BCUT2D eigenvalue weighted by molar-refractivity contribution is 5.80. The number of aliphatic carboxylic acids is 1. The molecular weight excluding hydrogens is 216 g/mol. The topological polar surface area (TPSA) is 99.1 Å². The van der Waals surface area contributed by atoms with Gasteiger partial charge in [0.15, 0.2) is 0 Å². The summed E-state index contributed by atoms with van der Waals surface area (Å²) in [5, 5.41) is 17.6. The van der Waals surface area contributed by atoms with Gasteiger partial charge in [0.1, 0.15) is 6.04 Å². The summed E-state index contributed by atoms with van der Waals surface area (Å²) in [6, 6.07) is -1.32. The standard InChI is InChI=1S/C9H14N2O5/c1-2-3-16-10-6-4-7(8(12)13)11(5-6)9(14)15/h2,6-7,10H,1,3-5H2,(H,12,13)(H,14,15). The molecule has 2 atom stereocenters. The van der Waals surface area contributed by atoms with E-state index in [1.165, 1.54) is 6.08 Å². The number of likely N-dealkylation sites (tertiary alicyclic amines) is 1. The number of nitrogens with one attached hydrogen (secondary N) is 1. The van der Waals surface area contributed by atoms with Crippen molar-refractivity contribution in [2.24, 2.45) is 0 Å². The molecule has 0 radical (unpaired) electrons. The lowest BCUT2D eigenvalue weighted by molar-refractivity contribution is -0.141. The van der Waals surface area contributed by atoms with Gasteiger partial charge in [-0.1, -0.05) is 6.08 Å². The zero-order valence-electron chi connectivity index (χ0n) is 8.63. The maximum absolute atomic E-state index is 10.8. The van der Waals surface area contributed by atoms with Crippen molar-refractivity contribution in [2.75, 3.05) is 13.2 Å². The Morgan fingerprint density at radius 2 is 2.25 bits per heavy atom. The largest absolute Gasteiger partial charge is 0.480 e. The summed E-state index contributed by atoms with van der Waals surface area (Å²) in [6.07, 6.45) is 0.491. The zero-order chi connectivity index (χ0) is 12.1. The molecule has 16 heavy (non-hydrogen) atoms. The second kappa shape index (κ2) is 5.47. The van der Waals surface area contributed by atoms with Crippen molar-refractivity contribution < 1.29 is 24.6 Å². The van der Waals surface area contributed by atoms with Crippen LogP contribution in [0.1, 0.15) is 6.42 Å². The van der Waals surface area contributed by atoms with E-state index in [0.29, 0.717) is 0 Å². The van der Waals surface area contributed by atoms with Crippen molar-refractivity contribution >= 4 is 12.1 Å². The van der Waals surface area contributed by atoms with Crippen LogP contribution in [0.3, 0.4) is 0 Å². The van der Waals surface area contributed by atoms with Crippen LogP contribution in [0, 0.1) is 0 Å². The van der Waals surface area contributed by atoms with Gasteiger partial charge >= 0.3 is 12.1 Å². The lowest BCUT2D eigenvalue weighted by atomic mass is 10.2. The molecule has 0 saturated carbocycles. The van der Waals surface area contributed by atoms with Crippen molar-refractivity contribution in [3.63, 3.8) is 0 Å². The van der Waals surface area contributed by atoms with Crippen LogP contribution in [0.2, 0.25) is 0 Å². The van der Waals surface area contributed by atoms with Gasteiger partial charge in [0, 0.05) is 6.54 Å². The van der Waals surface area contributed by atoms with Crippen molar-refractivity contribution in [3.05, 3.63) is 12.7 Å².